The van der Waals surface area contributed by atoms with Gasteiger partial charge < -0.3 is 15.1 Å². The Labute approximate surface area is 109 Å². The highest BCUT2D eigenvalue weighted by Gasteiger charge is 2.21. The van der Waals surface area contributed by atoms with Crippen molar-refractivity contribution < 1.29 is 4.42 Å². The molecule has 0 saturated heterocycles. The number of hydrogen-bond acceptors (Lipinski definition) is 5. The van der Waals surface area contributed by atoms with Gasteiger partial charge in [-0.3, -0.25) is 0 Å². The zero-order valence-electron chi connectivity index (χ0n) is 11.4. The average Bonchev–Trinajstić information content (AvgIpc) is 2.85. The fraction of sp³-hybridized carbons (Fsp3) is 0.846. The summed E-state index contributed by atoms with van der Waals surface area (Å²) in [5, 5.41) is 14.6. The van der Waals surface area contributed by atoms with Crippen molar-refractivity contribution in [1.29, 1.82) is 0 Å². The van der Waals surface area contributed by atoms with Crippen molar-refractivity contribution >= 4 is 6.01 Å². The Morgan fingerprint density at radius 3 is 2.61 bits per heavy atom. The quantitative estimate of drug-likeness (QED) is 0.814. The summed E-state index contributed by atoms with van der Waals surface area (Å²) in [4.78, 5) is 0. The first-order chi connectivity index (χ1) is 8.81. The highest BCUT2D eigenvalue weighted by atomic mass is 16.4. The van der Waals surface area contributed by atoms with E-state index in [1.54, 1.807) is 0 Å². The van der Waals surface area contributed by atoms with E-state index < -0.39 is 0 Å². The molecule has 0 bridgehead atoms. The molecule has 1 aromatic heterocycles. The molecular formula is C13H24N4O. The van der Waals surface area contributed by atoms with Crippen molar-refractivity contribution in [3.63, 3.8) is 0 Å². The molecule has 1 aromatic rings. The Morgan fingerprint density at radius 2 is 1.94 bits per heavy atom. The second-order valence-corrected chi connectivity index (χ2v) is 5.05. The van der Waals surface area contributed by atoms with E-state index in [-0.39, 0.29) is 0 Å². The highest BCUT2D eigenvalue weighted by molar-refractivity contribution is 5.19. The second kappa shape index (κ2) is 6.73. The van der Waals surface area contributed by atoms with Crippen molar-refractivity contribution in [3.05, 3.63) is 5.89 Å². The summed E-state index contributed by atoms with van der Waals surface area (Å²) in [6.45, 7) is 5.89. The summed E-state index contributed by atoms with van der Waals surface area (Å²) in [7, 11) is 0. The number of nitrogens with zero attached hydrogens (tertiary/aromatic N) is 2. The number of aromatic nitrogens is 2. The van der Waals surface area contributed by atoms with E-state index >= 15 is 0 Å². The molecule has 102 valence electrons. The van der Waals surface area contributed by atoms with Crippen LogP contribution in [0.25, 0.3) is 0 Å². The van der Waals surface area contributed by atoms with Gasteiger partial charge >= 0.3 is 6.01 Å². The maximum Gasteiger partial charge on any atom is 0.315 e. The normalized spacial score (nSPS) is 24.1. The summed E-state index contributed by atoms with van der Waals surface area (Å²) in [6.07, 6.45) is 6.35. The summed E-state index contributed by atoms with van der Waals surface area (Å²) < 4.78 is 5.55. The molecule has 2 rings (SSSR count). The lowest BCUT2D eigenvalue weighted by Gasteiger charge is -2.27. The predicted molar refractivity (Wildman–Crippen MR) is 71.3 cm³/mol. The van der Waals surface area contributed by atoms with Crippen LogP contribution >= 0.6 is 0 Å². The molecule has 0 spiro atoms. The van der Waals surface area contributed by atoms with Crippen molar-refractivity contribution in [2.45, 2.75) is 58.5 Å². The van der Waals surface area contributed by atoms with Gasteiger partial charge in [0, 0.05) is 6.04 Å². The van der Waals surface area contributed by atoms with Crippen LogP contribution < -0.4 is 10.6 Å². The van der Waals surface area contributed by atoms with Crippen LogP contribution in [-0.4, -0.2) is 22.8 Å². The number of rotatable bonds is 6. The summed E-state index contributed by atoms with van der Waals surface area (Å²) in [5.74, 6) is 1.57. The zero-order chi connectivity index (χ0) is 12.8. The molecule has 5 nitrogen and oxygen atoms in total. The number of anilines is 1. The molecule has 1 heterocycles. The minimum absolute atomic E-state index is 0.500. The van der Waals surface area contributed by atoms with Crippen molar-refractivity contribution in [1.82, 2.24) is 15.5 Å². The largest absolute Gasteiger partial charge is 0.407 e. The zero-order valence-corrected chi connectivity index (χ0v) is 11.4. The van der Waals surface area contributed by atoms with E-state index in [0.717, 1.165) is 12.5 Å². The van der Waals surface area contributed by atoms with Gasteiger partial charge in [-0.25, -0.2) is 0 Å². The second-order valence-electron chi connectivity index (χ2n) is 5.05. The Hall–Kier alpha value is -1.10. The van der Waals surface area contributed by atoms with Gasteiger partial charge in [-0.1, -0.05) is 25.4 Å². The Bertz CT molecular complexity index is 345. The summed E-state index contributed by atoms with van der Waals surface area (Å²) in [6, 6.07) is 1.07. The first-order valence-electron chi connectivity index (χ1n) is 7.11. The lowest BCUT2D eigenvalue weighted by atomic mass is 9.85. The molecule has 0 unspecified atom stereocenters. The molecule has 2 N–H and O–H groups in total. The van der Waals surface area contributed by atoms with Crippen LogP contribution in [0.5, 0.6) is 0 Å². The van der Waals surface area contributed by atoms with Gasteiger partial charge in [-0.2, -0.15) is 0 Å². The van der Waals surface area contributed by atoms with Gasteiger partial charge in [0.1, 0.15) is 0 Å². The molecule has 0 aromatic carbocycles. The van der Waals surface area contributed by atoms with Gasteiger partial charge in [-0.15, -0.1) is 5.10 Å². The molecule has 5 heteroatoms. The lowest BCUT2D eigenvalue weighted by Crippen LogP contribution is -2.26. The predicted octanol–water partition coefficient (Wildman–Crippen LogP) is 2.56. The van der Waals surface area contributed by atoms with Crippen LogP contribution in [0, 0.1) is 5.92 Å². The van der Waals surface area contributed by atoms with Gasteiger partial charge in [0.05, 0.1) is 6.54 Å². The standard InChI is InChI=1S/C13H24N4O/c1-3-10-5-7-11(8-6-10)15-13-17-16-12(18-13)9-14-4-2/h10-11,14H,3-9H2,1-2H3,(H,15,17). The molecule has 1 saturated carbocycles. The fourth-order valence-electron chi connectivity index (χ4n) is 2.50. The topological polar surface area (TPSA) is 63.0 Å². The van der Waals surface area contributed by atoms with Crippen LogP contribution in [0.15, 0.2) is 4.42 Å². The van der Waals surface area contributed by atoms with Gasteiger partial charge in [0.15, 0.2) is 0 Å². The van der Waals surface area contributed by atoms with Crippen molar-refractivity contribution in [3.8, 4) is 0 Å². The monoisotopic (exact) mass is 252 g/mol. The summed E-state index contributed by atoms with van der Waals surface area (Å²) in [5.41, 5.74) is 0. The molecule has 0 aliphatic heterocycles. The third-order valence-electron chi connectivity index (χ3n) is 3.74. The molecule has 1 fully saturated rings. The van der Waals surface area contributed by atoms with E-state index in [4.69, 9.17) is 4.42 Å². The Kier molecular flexibility index (Phi) is 4.99. The third-order valence-corrected chi connectivity index (χ3v) is 3.74. The molecule has 0 amide bonds. The highest BCUT2D eigenvalue weighted by Crippen LogP contribution is 2.28. The van der Waals surface area contributed by atoms with E-state index in [1.165, 1.54) is 32.1 Å². The SMILES string of the molecule is CCNCc1nnc(NC2CCC(CC)CC2)o1. The maximum atomic E-state index is 5.55. The van der Waals surface area contributed by atoms with Gasteiger partial charge in [0.2, 0.25) is 5.89 Å². The maximum absolute atomic E-state index is 5.55. The molecule has 1 aliphatic carbocycles. The lowest BCUT2D eigenvalue weighted by molar-refractivity contribution is 0.326. The van der Waals surface area contributed by atoms with Gasteiger partial charge in [-0.05, 0) is 38.1 Å². The van der Waals surface area contributed by atoms with Gasteiger partial charge in [0.25, 0.3) is 0 Å². The smallest absolute Gasteiger partial charge is 0.315 e. The van der Waals surface area contributed by atoms with E-state index in [0.29, 0.717) is 24.5 Å². The Balaban J connectivity index is 1.77. The van der Waals surface area contributed by atoms with Crippen LogP contribution in [0.2, 0.25) is 0 Å². The van der Waals surface area contributed by atoms with Crippen LogP contribution in [0.3, 0.4) is 0 Å². The number of hydrogen-bond donors (Lipinski definition) is 2. The van der Waals surface area contributed by atoms with Crippen molar-refractivity contribution in [2.24, 2.45) is 5.92 Å². The minimum atomic E-state index is 0.500. The first kappa shape index (κ1) is 13.3. The average molecular weight is 252 g/mol. The van der Waals surface area contributed by atoms with Crippen LogP contribution in [0.1, 0.15) is 51.8 Å². The Morgan fingerprint density at radius 1 is 1.17 bits per heavy atom. The van der Waals surface area contributed by atoms with Crippen molar-refractivity contribution in [2.75, 3.05) is 11.9 Å². The van der Waals surface area contributed by atoms with E-state index in [2.05, 4.69) is 34.7 Å². The molecule has 0 atom stereocenters. The molecule has 0 radical (unpaired) electrons. The van der Waals surface area contributed by atoms with Crippen LogP contribution in [0.4, 0.5) is 6.01 Å². The molecule has 18 heavy (non-hydrogen) atoms. The summed E-state index contributed by atoms with van der Waals surface area (Å²) >= 11 is 0. The van der Waals surface area contributed by atoms with E-state index in [1.807, 2.05) is 0 Å². The fourth-order valence-corrected chi connectivity index (χ4v) is 2.50. The molecular weight excluding hydrogens is 228 g/mol. The number of nitrogens with one attached hydrogen (secondary N) is 2. The van der Waals surface area contributed by atoms with Crippen LogP contribution in [-0.2, 0) is 6.54 Å². The minimum Gasteiger partial charge on any atom is -0.407 e. The third kappa shape index (κ3) is 3.70. The molecule has 1 aliphatic rings. The van der Waals surface area contributed by atoms with E-state index in [9.17, 15) is 0 Å². The first-order valence-corrected chi connectivity index (χ1v) is 7.11.